The van der Waals surface area contributed by atoms with Crippen molar-refractivity contribution in [2.24, 2.45) is 0 Å². The largest absolute Gasteiger partial charge is 0.504 e. The fourth-order valence-electron chi connectivity index (χ4n) is 2.78. The number of aryl methyl sites for hydroxylation is 1. The molecule has 0 aliphatic carbocycles. The molecule has 0 saturated heterocycles. The standard InChI is InChI=1S/C15H17N3O3/c1-4-21-11-7-9(5-6-10(11)19)14-12-8(2)16-17-13(12)15(20)18(14)3/h5-7,14,19H,4H2,1-3H3,(H,16,17). The predicted octanol–water partition coefficient (Wildman–Crippen LogP) is 2.00. The Morgan fingerprint density at radius 3 is 2.95 bits per heavy atom. The second-order valence-corrected chi connectivity index (χ2v) is 5.09. The molecule has 0 spiro atoms. The van der Waals surface area contributed by atoms with Gasteiger partial charge in [-0.25, -0.2) is 0 Å². The fraction of sp³-hybridized carbons (Fsp3) is 0.333. The van der Waals surface area contributed by atoms with Crippen LogP contribution in [0.3, 0.4) is 0 Å². The average molecular weight is 287 g/mol. The molecule has 1 aromatic heterocycles. The maximum absolute atomic E-state index is 12.2. The molecule has 0 saturated carbocycles. The first-order valence-corrected chi connectivity index (χ1v) is 6.82. The molecule has 1 aromatic carbocycles. The number of phenols is 1. The molecular formula is C15H17N3O3. The highest BCUT2D eigenvalue weighted by atomic mass is 16.5. The first-order valence-electron chi connectivity index (χ1n) is 6.82. The second-order valence-electron chi connectivity index (χ2n) is 5.09. The fourth-order valence-corrected chi connectivity index (χ4v) is 2.78. The lowest BCUT2D eigenvalue weighted by molar-refractivity contribution is 0.0787. The highest BCUT2D eigenvalue weighted by molar-refractivity contribution is 5.98. The number of carbonyl (C=O) groups is 1. The minimum Gasteiger partial charge on any atom is -0.504 e. The molecule has 6 heteroatoms. The minimum absolute atomic E-state index is 0.0942. The van der Waals surface area contributed by atoms with Gasteiger partial charge >= 0.3 is 0 Å². The van der Waals surface area contributed by atoms with Gasteiger partial charge < -0.3 is 14.7 Å². The summed E-state index contributed by atoms with van der Waals surface area (Å²) in [6.45, 7) is 4.22. The van der Waals surface area contributed by atoms with Crippen LogP contribution < -0.4 is 4.74 Å². The van der Waals surface area contributed by atoms with Gasteiger partial charge in [0.15, 0.2) is 17.2 Å². The number of nitrogens with one attached hydrogen (secondary N) is 1. The summed E-state index contributed by atoms with van der Waals surface area (Å²) < 4.78 is 5.42. The van der Waals surface area contributed by atoms with Crippen molar-refractivity contribution >= 4 is 5.91 Å². The van der Waals surface area contributed by atoms with E-state index in [0.717, 1.165) is 16.8 Å². The van der Waals surface area contributed by atoms with Crippen molar-refractivity contribution in [3.63, 3.8) is 0 Å². The summed E-state index contributed by atoms with van der Waals surface area (Å²) >= 11 is 0. The number of hydrogen-bond donors (Lipinski definition) is 2. The number of nitrogens with zero attached hydrogens (tertiary/aromatic N) is 2. The molecule has 1 aliphatic heterocycles. The van der Waals surface area contributed by atoms with Crippen molar-refractivity contribution in [1.29, 1.82) is 0 Å². The number of carbonyl (C=O) groups excluding carboxylic acids is 1. The van der Waals surface area contributed by atoms with Crippen molar-refractivity contribution < 1.29 is 14.6 Å². The average Bonchev–Trinajstić information content (AvgIpc) is 2.94. The quantitative estimate of drug-likeness (QED) is 0.905. The monoisotopic (exact) mass is 287 g/mol. The molecule has 0 fully saturated rings. The van der Waals surface area contributed by atoms with Crippen molar-refractivity contribution in [1.82, 2.24) is 15.1 Å². The van der Waals surface area contributed by atoms with E-state index in [9.17, 15) is 9.90 Å². The molecule has 3 rings (SSSR count). The van der Waals surface area contributed by atoms with Crippen LogP contribution in [0, 0.1) is 6.92 Å². The van der Waals surface area contributed by atoms with Crippen LogP contribution in [0.1, 0.15) is 40.3 Å². The van der Waals surface area contributed by atoms with Crippen molar-refractivity contribution in [3.8, 4) is 11.5 Å². The summed E-state index contributed by atoms with van der Waals surface area (Å²) in [7, 11) is 1.75. The summed E-state index contributed by atoms with van der Waals surface area (Å²) in [6.07, 6.45) is 0. The van der Waals surface area contributed by atoms with Gasteiger partial charge in [-0.1, -0.05) is 6.07 Å². The van der Waals surface area contributed by atoms with E-state index in [-0.39, 0.29) is 17.7 Å². The summed E-state index contributed by atoms with van der Waals surface area (Å²) in [5.41, 5.74) is 3.11. The highest BCUT2D eigenvalue weighted by Crippen LogP contribution is 2.40. The van der Waals surface area contributed by atoms with E-state index in [0.29, 0.717) is 18.1 Å². The lowest BCUT2D eigenvalue weighted by atomic mass is 9.99. The zero-order valence-electron chi connectivity index (χ0n) is 12.2. The van der Waals surface area contributed by atoms with Gasteiger partial charge in [0.1, 0.15) is 0 Å². The number of rotatable bonds is 3. The predicted molar refractivity (Wildman–Crippen MR) is 76.5 cm³/mol. The van der Waals surface area contributed by atoms with Crippen molar-refractivity contribution in [3.05, 3.63) is 40.7 Å². The number of amides is 1. The van der Waals surface area contributed by atoms with Gasteiger partial charge in [-0.05, 0) is 31.5 Å². The molecule has 110 valence electrons. The zero-order valence-corrected chi connectivity index (χ0v) is 12.2. The van der Waals surface area contributed by atoms with E-state index in [1.165, 1.54) is 0 Å². The van der Waals surface area contributed by atoms with Gasteiger partial charge in [-0.15, -0.1) is 0 Å². The molecule has 2 aromatic rings. The smallest absolute Gasteiger partial charge is 0.275 e. The minimum atomic E-state index is -0.217. The van der Waals surface area contributed by atoms with Gasteiger partial charge in [-0.3, -0.25) is 9.89 Å². The number of aromatic hydroxyl groups is 1. The Kier molecular flexibility index (Phi) is 3.08. The third kappa shape index (κ3) is 1.94. The number of aromatic amines is 1. The molecule has 1 atom stereocenters. The Morgan fingerprint density at radius 1 is 1.48 bits per heavy atom. The normalized spacial score (nSPS) is 17.2. The van der Waals surface area contributed by atoms with E-state index < -0.39 is 0 Å². The van der Waals surface area contributed by atoms with Crippen LogP contribution in [-0.2, 0) is 0 Å². The zero-order chi connectivity index (χ0) is 15.1. The lowest BCUT2D eigenvalue weighted by Crippen LogP contribution is -2.24. The number of fused-ring (bicyclic) bond motifs is 1. The van der Waals surface area contributed by atoms with Crippen LogP contribution in [0.15, 0.2) is 18.2 Å². The van der Waals surface area contributed by atoms with Crippen LogP contribution in [-0.4, -0.2) is 39.8 Å². The van der Waals surface area contributed by atoms with Crippen LogP contribution in [0.25, 0.3) is 0 Å². The van der Waals surface area contributed by atoms with Crippen LogP contribution in [0.5, 0.6) is 11.5 Å². The third-order valence-corrected chi connectivity index (χ3v) is 3.78. The Balaban J connectivity index is 2.10. The first kappa shape index (κ1) is 13.5. The molecule has 1 aliphatic rings. The van der Waals surface area contributed by atoms with E-state index in [4.69, 9.17) is 4.74 Å². The first-order chi connectivity index (χ1) is 10.0. The number of hydrogen-bond acceptors (Lipinski definition) is 4. The number of aromatic nitrogens is 2. The van der Waals surface area contributed by atoms with Crippen molar-refractivity contribution in [2.75, 3.05) is 13.7 Å². The topological polar surface area (TPSA) is 78.5 Å². The molecule has 1 unspecified atom stereocenters. The third-order valence-electron chi connectivity index (χ3n) is 3.78. The Hall–Kier alpha value is -2.50. The number of phenolic OH excluding ortho intramolecular Hbond substituents is 1. The number of ether oxygens (including phenoxy) is 1. The van der Waals surface area contributed by atoms with Gasteiger partial charge in [0.25, 0.3) is 5.91 Å². The molecule has 6 nitrogen and oxygen atoms in total. The highest BCUT2D eigenvalue weighted by Gasteiger charge is 2.39. The van der Waals surface area contributed by atoms with Crippen LogP contribution in [0.4, 0.5) is 0 Å². The maximum atomic E-state index is 12.2. The molecular weight excluding hydrogens is 270 g/mol. The Morgan fingerprint density at radius 2 is 2.24 bits per heavy atom. The summed E-state index contributed by atoms with van der Waals surface area (Å²) in [5.74, 6) is 0.410. The maximum Gasteiger partial charge on any atom is 0.275 e. The summed E-state index contributed by atoms with van der Waals surface area (Å²) in [6, 6.07) is 4.94. The Bertz CT molecular complexity index is 708. The van der Waals surface area contributed by atoms with Gasteiger partial charge in [0, 0.05) is 18.3 Å². The lowest BCUT2D eigenvalue weighted by Gasteiger charge is -2.22. The van der Waals surface area contributed by atoms with Gasteiger partial charge in [-0.2, -0.15) is 5.10 Å². The molecule has 21 heavy (non-hydrogen) atoms. The summed E-state index contributed by atoms with van der Waals surface area (Å²) in [4.78, 5) is 13.9. The van der Waals surface area contributed by atoms with E-state index in [2.05, 4.69) is 10.2 Å². The molecule has 2 heterocycles. The molecule has 0 radical (unpaired) electrons. The SMILES string of the molecule is CCOc1cc(C2c3c(n[nH]c3C)C(=O)N2C)ccc1O. The van der Waals surface area contributed by atoms with Crippen LogP contribution in [0.2, 0.25) is 0 Å². The Labute approximate surface area is 122 Å². The summed E-state index contributed by atoms with van der Waals surface area (Å²) in [5, 5.41) is 16.8. The number of benzene rings is 1. The van der Waals surface area contributed by atoms with E-state index in [1.54, 1.807) is 30.1 Å². The van der Waals surface area contributed by atoms with E-state index in [1.807, 2.05) is 13.8 Å². The van der Waals surface area contributed by atoms with Crippen LogP contribution >= 0.6 is 0 Å². The molecule has 0 bridgehead atoms. The molecule has 1 amide bonds. The molecule has 2 N–H and O–H groups in total. The van der Waals surface area contributed by atoms with Gasteiger partial charge in [0.2, 0.25) is 0 Å². The number of H-pyrrole nitrogens is 1. The van der Waals surface area contributed by atoms with Gasteiger partial charge in [0.05, 0.1) is 12.6 Å². The second kappa shape index (κ2) is 4.80. The van der Waals surface area contributed by atoms with E-state index >= 15 is 0 Å². The van der Waals surface area contributed by atoms with Crippen molar-refractivity contribution in [2.45, 2.75) is 19.9 Å².